The lowest BCUT2D eigenvalue weighted by Crippen LogP contribution is -2.42. The van der Waals surface area contributed by atoms with Crippen molar-refractivity contribution in [2.24, 2.45) is 7.05 Å². The number of carbonyl (C=O) groups is 1. The number of fused-ring (bicyclic) bond motifs is 1. The molecule has 2 aromatic rings. The molecular weight excluding hydrogens is 356 g/mol. The van der Waals surface area contributed by atoms with Gasteiger partial charge in [-0.05, 0) is 18.9 Å². The zero-order valence-corrected chi connectivity index (χ0v) is 15.5. The van der Waals surface area contributed by atoms with E-state index < -0.39 is 10.0 Å². The van der Waals surface area contributed by atoms with Gasteiger partial charge in [0, 0.05) is 45.5 Å². The highest BCUT2D eigenvalue weighted by Gasteiger charge is 2.35. The van der Waals surface area contributed by atoms with E-state index in [1.807, 2.05) is 15.6 Å². The smallest absolute Gasteiger partial charge is 0.262 e. The Morgan fingerprint density at radius 3 is 2.88 bits per heavy atom. The maximum Gasteiger partial charge on any atom is 0.262 e. The number of hydrogen-bond acceptors (Lipinski definition) is 5. The maximum atomic E-state index is 12.9. The molecule has 0 aliphatic carbocycles. The first-order chi connectivity index (χ1) is 12.4. The highest BCUT2D eigenvalue weighted by Crippen LogP contribution is 2.28. The van der Waals surface area contributed by atoms with Crippen LogP contribution in [0.25, 0.3) is 0 Å². The zero-order valence-electron chi connectivity index (χ0n) is 14.7. The van der Waals surface area contributed by atoms with Crippen molar-refractivity contribution in [1.82, 2.24) is 28.5 Å². The predicted octanol–water partition coefficient (Wildman–Crippen LogP) is 0.375. The molecule has 4 heterocycles. The minimum Gasteiger partial charge on any atom is -0.343 e. The molecule has 2 aliphatic rings. The number of nitrogens with zero attached hydrogens (tertiary/aromatic N) is 6. The molecule has 1 amide bonds. The van der Waals surface area contributed by atoms with Gasteiger partial charge in [0.05, 0.1) is 24.6 Å². The number of sulfonamides is 1. The molecule has 1 saturated heterocycles. The van der Waals surface area contributed by atoms with Crippen LogP contribution in [0, 0.1) is 0 Å². The average molecular weight is 378 g/mol. The first kappa shape index (κ1) is 17.2. The zero-order chi connectivity index (χ0) is 18.3. The topological polar surface area (TPSA) is 93.3 Å². The summed E-state index contributed by atoms with van der Waals surface area (Å²) in [6, 6.07) is 1.74. The molecule has 0 radical (unpaired) electrons. The van der Waals surface area contributed by atoms with Gasteiger partial charge in [-0.1, -0.05) is 0 Å². The number of amides is 1. The van der Waals surface area contributed by atoms with E-state index in [4.69, 9.17) is 0 Å². The van der Waals surface area contributed by atoms with Gasteiger partial charge < -0.3 is 9.47 Å². The van der Waals surface area contributed by atoms with Gasteiger partial charge in [0.2, 0.25) is 5.91 Å². The van der Waals surface area contributed by atoms with Crippen LogP contribution < -0.4 is 0 Å². The number of aryl methyl sites for hydroxylation is 1. The quantitative estimate of drug-likeness (QED) is 0.750. The fourth-order valence-electron chi connectivity index (χ4n) is 3.65. The monoisotopic (exact) mass is 378 g/mol. The number of aromatic nitrogens is 4. The molecule has 1 atom stereocenters. The number of rotatable bonds is 5. The minimum atomic E-state index is -3.66. The van der Waals surface area contributed by atoms with Crippen LogP contribution in [0.4, 0.5) is 0 Å². The van der Waals surface area contributed by atoms with Gasteiger partial charge in [-0.25, -0.2) is 13.4 Å². The van der Waals surface area contributed by atoms with Crippen molar-refractivity contribution in [2.75, 3.05) is 19.6 Å². The second-order valence-corrected chi connectivity index (χ2v) is 8.75. The Kier molecular flexibility index (Phi) is 4.31. The van der Waals surface area contributed by atoms with Crippen molar-refractivity contribution in [3.63, 3.8) is 0 Å². The van der Waals surface area contributed by atoms with Crippen LogP contribution in [-0.4, -0.2) is 62.5 Å². The summed E-state index contributed by atoms with van der Waals surface area (Å²) in [5.41, 5.74) is 0.855. The van der Waals surface area contributed by atoms with Crippen LogP contribution in [0.2, 0.25) is 0 Å². The summed E-state index contributed by atoms with van der Waals surface area (Å²) in [6.45, 7) is 2.02. The van der Waals surface area contributed by atoms with E-state index in [-0.39, 0.29) is 23.5 Å². The van der Waals surface area contributed by atoms with Crippen LogP contribution in [0.5, 0.6) is 0 Å². The fraction of sp³-hybridized carbons (Fsp3) is 0.562. The normalized spacial score (nSPS) is 21.3. The molecule has 26 heavy (non-hydrogen) atoms. The number of imidazole rings is 1. The molecule has 0 spiro atoms. The first-order valence-corrected chi connectivity index (χ1v) is 10.2. The third-order valence-corrected chi connectivity index (χ3v) is 6.74. The van der Waals surface area contributed by atoms with Gasteiger partial charge in [0.1, 0.15) is 0 Å². The van der Waals surface area contributed by atoms with E-state index in [1.165, 1.54) is 16.8 Å². The van der Waals surface area contributed by atoms with E-state index in [0.717, 1.165) is 18.7 Å². The highest BCUT2D eigenvalue weighted by atomic mass is 32.2. The molecule has 140 valence electrons. The highest BCUT2D eigenvalue weighted by molar-refractivity contribution is 7.89. The minimum absolute atomic E-state index is 0.0569. The van der Waals surface area contributed by atoms with Crippen molar-refractivity contribution < 1.29 is 13.2 Å². The standard InChI is InChI=1S/C16H22N6O3S/c1-19-11-15(17-12-19)26(24,25)21-9-13-4-6-18-22(13)14(10-21)5-8-20-7-2-3-16(20)23/h4,6,11-12,14H,2-3,5,7-10H2,1H3/t14-/m1/s1. The Hall–Kier alpha value is -2.20. The molecule has 0 unspecified atom stereocenters. The summed E-state index contributed by atoms with van der Waals surface area (Å²) in [5.74, 6) is 0.180. The molecule has 1 fully saturated rings. The Bertz CT molecular complexity index is 918. The van der Waals surface area contributed by atoms with E-state index in [0.29, 0.717) is 25.9 Å². The third kappa shape index (κ3) is 3.03. The van der Waals surface area contributed by atoms with Crippen LogP contribution in [0.15, 0.2) is 29.8 Å². The summed E-state index contributed by atoms with van der Waals surface area (Å²) in [5, 5.41) is 4.42. The van der Waals surface area contributed by atoms with Crippen LogP contribution in [0.3, 0.4) is 0 Å². The van der Waals surface area contributed by atoms with Crippen molar-refractivity contribution in [3.8, 4) is 0 Å². The molecule has 2 aliphatic heterocycles. The average Bonchev–Trinajstić information content (AvgIpc) is 3.33. The second kappa shape index (κ2) is 6.51. The van der Waals surface area contributed by atoms with Gasteiger partial charge in [0.25, 0.3) is 10.0 Å². The summed E-state index contributed by atoms with van der Waals surface area (Å²) in [4.78, 5) is 17.7. The van der Waals surface area contributed by atoms with Gasteiger partial charge in [-0.3, -0.25) is 9.48 Å². The van der Waals surface area contributed by atoms with Crippen molar-refractivity contribution in [2.45, 2.75) is 36.9 Å². The van der Waals surface area contributed by atoms with Gasteiger partial charge in [-0.15, -0.1) is 0 Å². The SMILES string of the molecule is Cn1cnc(S(=O)(=O)N2Cc3ccnn3[C@H](CCN3CCCC3=O)C2)c1. The lowest BCUT2D eigenvalue weighted by Gasteiger charge is -2.33. The lowest BCUT2D eigenvalue weighted by molar-refractivity contribution is -0.127. The van der Waals surface area contributed by atoms with E-state index in [2.05, 4.69) is 10.1 Å². The lowest BCUT2D eigenvalue weighted by atomic mass is 10.1. The van der Waals surface area contributed by atoms with E-state index >= 15 is 0 Å². The molecule has 9 nitrogen and oxygen atoms in total. The third-order valence-electron chi connectivity index (χ3n) is 5.04. The Morgan fingerprint density at radius 1 is 1.35 bits per heavy atom. The molecule has 0 saturated carbocycles. The first-order valence-electron chi connectivity index (χ1n) is 8.73. The molecule has 2 aromatic heterocycles. The number of carbonyl (C=O) groups excluding carboxylic acids is 1. The molecular formula is C16H22N6O3S. The maximum absolute atomic E-state index is 12.9. The van der Waals surface area contributed by atoms with Crippen molar-refractivity contribution in [1.29, 1.82) is 0 Å². The molecule has 10 heteroatoms. The predicted molar refractivity (Wildman–Crippen MR) is 92.5 cm³/mol. The molecule has 4 rings (SSSR count). The Morgan fingerprint density at radius 2 is 2.19 bits per heavy atom. The molecule has 0 N–H and O–H groups in total. The van der Waals surface area contributed by atoms with E-state index in [9.17, 15) is 13.2 Å². The molecule has 0 aromatic carbocycles. The van der Waals surface area contributed by atoms with Crippen molar-refractivity contribution in [3.05, 3.63) is 30.5 Å². The summed E-state index contributed by atoms with van der Waals surface area (Å²) >= 11 is 0. The number of hydrogen-bond donors (Lipinski definition) is 0. The van der Waals surface area contributed by atoms with Crippen LogP contribution in [0.1, 0.15) is 31.0 Å². The van der Waals surface area contributed by atoms with Gasteiger partial charge in [-0.2, -0.15) is 9.40 Å². The van der Waals surface area contributed by atoms with Crippen LogP contribution in [-0.2, 0) is 28.4 Å². The second-order valence-electron chi connectivity index (χ2n) is 6.87. The number of likely N-dealkylation sites (tertiary alicyclic amines) is 1. The summed E-state index contributed by atoms with van der Waals surface area (Å²) in [6.07, 6.45) is 6.88. The van der Waals surface area contributed by atoms with Gasteiger partial charge >= 0.3 is 0 Å². The van der Waals surface area contributed by atoms with Crippen LogP contribution >= 0.6 is 0 Å². The molecule has 0 bridgehead atoms. The Labute approximate surface area is 152 Å². The fourth-order valence-corrected chi connectivity index (χ4v) is 5.06. The largest absolute Gasteiger partial charge is 0.343 e. The van der Waals surface area contributed by atoms with Gasteiger partial charge in [0.15, 0.2) is 5.03 Å². The van der Waals surface area contributed by atoms with E-state index in [1.54, 1.807) is 17.8 Å². The Balaban J connectivity index is 1.55. The van der Waals surface area contributed by atoms with Crippen molar-refractivity contribution >= 4 is 15.9 Å². The summed E-state index contributed by atoms with van der Waals surface area (Å²) in [7, 11) is -1.92. The summed E-state index contributed by atoms with van der Waals surface area (Å²) < 4.78 is 30.9.